The van der Waals surface area contributed by atoms with E-state index in [1.54, 1.807) is 6.07 Å². The van der Waals surface area contributed by atoms with Gasteiger partial charge < -0.3 is 30.4 Å². The Morgan fingerprint density at radius 2 is 1.22 bits per heavy atom. The van der Waals surface area contributed by atoms with Crippen molar-refractivity contribution in [2.24, 2.45) is 0 Å². The predicted octanol–water partition coefficient (Wildman–Crippen LogP) is 7.50. The first-order valence-electron chi connectivity index (χ1n) is 17.5. The molecule has 0 spiro atoms. The summed E-state index contributed by atoms with van der Waals surface area (Å²) in [5.74, 6) is 1.93. The molecule has 4 N–H and O–H groups in total. The van der Waals surface area contributed by atoms with Crippen LogP contribution in [0.15, 0.2) is 54.6 Å². The molecule has 2 aromatic heterocycles. The zero-order valence-electron chi connectivity index (χ0n) is 26.4. The largest absolute Gasteiger partial charge is 0.369 e. The van der Waals surface area contributed by atoms with Crippen molar-refractivity contribution in [1.29, 1.82) is 0 Å². The van der Waals surface area contributed by atoms with Crippen molar-refractivity contribution in [3.05, 3.63) is 83.2 Å². The number of hydrogen-bond acceptors (Lipinski definition) is 6. The second-order valence-electron chi connectivity index (χ2n) is 13.8. The Kier molecular flexibility index (Phi) is 7.19. The minimum absolute atomic E-state index is 0.113. The van der Waals surface area contributed by atoms with Crippen molar-refractivity contribution in [2.45, 2.75) is 82.0 Å². The summed E-state index contributed by atoms with van der Waals surface area (Å²) < 4.78 is 16.0. The predicted molar refractivity (Wildman–Crippen MR) is 182 cm³/mol. The van der Waals surface area contributed by atoms with E-state index in [0.29, 0.717) is 12.1 Å². The molecule has 0 amide bonds. The fourth-order valence-corrected chi connectivity index (χ4v) is 8.55. The van der Waals surface area contributed by atoms with Gasteiger partial charge in [0.2, 0.25) is 0 Å². The molecule has 3 aromatic carbocycles. The molecule has 8 nitrogen and oxygen atoms in total. The van der Waals surface area contributed by atoms with Crippen LogP contribution in [0.1, 0.15) is 105 Å². The third-order valence-corrected chi connectivity index (χ3v) is 10.9. The summed E-state index contributed by atoms with van der Waals surface area (Å²) in [6.45, 7) is 3.94. The number of H-pyrrole nitrogens is 2. The van der Waals surface area contributed by atoms with Gasteiger partial charge in [0.15, 0.2) is 0 Å². The molecule has 4 atom stereocenters. The van der Waals surface area contributed by atoms with Gasteiger partial charge in [-0.05, 0) is 124 Å². The van der Waals surface area contributed by atoms with Crippen molar-refractivity contribution in [2.75, 3.05) is 36.0 Å². The quantitative estimate of drug-likeness (QED) is 0.158. The number of benzene rings is 3. The van der Waals surface area contributed by atoms with Gasteiger partial charge in [0.25, 0.3) is 0 Å². The molecule has 4 fully saturated rings. The molecule has 9 heteroatoms. The number of imidazole rings is 2. The fraction of sp³-hybridized carbons (Fsp3) is 0.459. The molecule has 4 saturated heterocycles. The first kappa shape index (κ1) is 28.3. The molecule has 0 unspecified atom stereocenters. The summed E-state index contributed by atoms with van der Waals surface area (Å²) >= 11 is 0. The molecule has 4 aliphatic rings. The van der Waals surface area contributed by atoms with Gasteiger partial charge in [0.1, 0.15) is 17.5 Å². The third kappa shape index (κ3) is 5.04. The summed E-state index contributed by atoms with van der Waals surface area (Å²) in [6.07, 6.45) is 10.0. The first-order valence-corrected chi connectivity index (χ1v) is 17.5. The van der Waals surface area contributed by atoms with Crippen LogP contribution < -0.4 is 20.4 Å². The van der Waals surface area contributed by atoms with Crippen molar-refractivity contribution in [3.63, 3.8) is 0 Å². The Hall–Kier alpha value is -3.95. The lowest BCUT2D eigenvalue weighted by Crippen LogP contribution is -2.30. The average molecular weight is 619 g/mol. The number of fused-ring (bicyclic) bond motifs is 2. The normalized spacial score (nSPS) is 25.4. The van der Waals surface area contributed by atoms with Gasteiger partial charge in [-0.2, -0.15) is 0 Å². The monoisotopic (exact) mass is 618 g/mol. The van der Waals surface area contributed by atoms with E-state index in [4.69, 9.17) is 9.97 Å². The third-order valence-electron chi connectivity index (χ3n) is 10.9. The van der Waals surface area contributed by atoms with E-state index in [0.717, 1.165) is 110 Å². The molecule has 0 aliphatic carbocycles. The average Bonchev–Trinajstić information content (AvgIpc) is 3.93. The van der Waals surface area contributed by atoms with E-state index in [1.165, 1.54) is 30.4 Å². The van der Waals surface area contributed by atoms with Gasteiger partial charge in [-0.15, -0.1) is 0 Å². The Morgan fingerprint density at radius 3 is 1.74 bits per heavy atom. The summed E-state index contributed by atoms with van der Waals surface area (Å²) in [5.41, 5.74) is 8.29. The summed E-state index contributed by atoms with van der Waals surface area (Å²) in [4.78, 5) is 21.8. The topological polar surface area (TPSA) is 87.9 Å². The van der Waals surface area contributed by atoms with Crippen LogP contribution in [0.4, 0.5) is 15.8 Å². The highest BCUT2D eigenvalue weighted by Crippen LogP contribution is 2.48. The van der Waals surface area contributed by atoms with Crippen LogP contribution in [0.5, 0.6) is 0 Å². The fourth-order valence-electron chi connectivity index (χ4n) is 8.55. The number of rotatable bonds is 6. The molecule has 9 rings (SSSR count). The van der Waals surface area contributed by atoms with E-state index in [1.807, 2.05) is 6.07 Å². The van der Waals surface area contributed by atoms with Crippen LogP contribution >= 0.6 is 0 Å². The summed E-state index contributed by atoms with van der Waals surface area (Å²) in [7, 11) is 0. The second kappa shape index (κ2) is 11.7. The second-order valence-corrected chi connectivity index (χ2v) is 13.8. The maximum Gasteiger partial charge on any atom is 0.148 e. The number of nitrogens with zero attached hydrogens (tertiary/aromatic N) is 4. The Balaban J connectivity index is 1.09. The Labute approximate surface area is 269 Å². The smallest absolute Gasteiger partial charge is 0.148 e. The minimum atomic E-state index is -0.126. The first-order chi connectivity index (χ1) is 22.7. The van der Waals surface area contributed by atoms with Gasteiger partial charge in [-0.3, -0.25) is 0 Å². The van der Waals surface area contributed by atoms with Crippen molar-refractivity contribution in [1.82, 2.24) is 30.6 Å². The van der Waals surface area contributed by atoms with Crippen LogP contribution in [-0.2, 0) is 0 Å². The van der Waals surface area contributed by atoms with Crippen molar-refractivity contribution in [3.8, 4) is 0 Å². The van der Waals surface area contributed by atoms with Crippen LogP contribution in [-0.4, -0.2) is 46.1 Å². The molecule has 238 valence electrons. The number of anilines is 2. The molecule has 0 saturated carbocycles. The number of aromatic amines is 2. The van der Waals surface area contributed by atoms with E-state index in [2.05, 4.69) is 72.9 Å². The van der Waals surface area contributed by atoms with Crippen molar-refractivity contribution < 1.29 is 4.39 Å². The molecule has 0 bridgehead atoms. The zero-order valence-corrected chi connectivity index (χ0v) is 26.4. The number of aromatic nitrogens is 4. The molecule has 0 radical (unpaired) electrons. The summed E-state index contributed by atoms with van der Waals surface area (Å²) in [6, 6.07) is 20.1. The van der Waals surface area contributed by atoms with Crippen LogP contribution in [0.3, 0.4) is 0 Å². The van der Waals surface area contributed by atoms with E-state index < -0.39 is 0 Å². The summed E-state index contributed by atoms with van der Waals surface area (Å²) in [5, 5.41) is 7.14. The van der Waals surface area contributed by atoms with Crippen LogP contribution in [0.2, 0.25) is 0 Å². The highest BCUT2D eigenvalue weighted by atomic mass is 19.1. The molecule has 6 heterocycles. The van der Waals surface area contributed by atoms with Crippen molar-refractivity contribution >= 4 is 33.4 Å². The molecular formula is C37H43FN8. The van der Waals surface area contributed by atoms with Gasteiger partial charge in [-0.1, -0.05) is 12.1 Å². The molecule has 46 heavy (non-hydrogen) atoms. The van der Waals surface area contributed by atoms with E-state index >= 15 is 4.39 Å². The molecule has 5 aromatic rings. The number of piperidine rings is 1. The van der Waals surface area contributed by atoms with Gasteiger partial charge in [0.05, 0.1) is 51.9 Å². The highest BCUT2D eigenvalue weighted by molar-refractivity contribution is 5.78. The lowest BCUT2D eigenvalue weighted by Gasteiger charge is -2.34. The van der Waals surface area contributed by atoms with Gasteiger partial charge in [0, 0.05) is 18.8 Å². The Morgan fingerprint density at radius 1 is 0.630 bits per heavy atom. The number of nitrogens with one attached hydrogen (secondary N) is 4. The SMILES string of the molecule is Fc1cc(N2[C@@H](c3ccc4nc([C@@H]5CCCN5)[nH]c4c3)CC[C@H]2c2ccc3nc([C@@H]4CCCN4)[nH]c3c2)ccc1N1CCCCC1. The highest BCUT2D eigenvalue weighted by Gasteiger charge is 2.37. The molecular weight excluding hydrogens is 575 g/mol. The minimum Gasteiger partial charge on any atom is -0.369 e. The lowest BCUT2D eigenvalue weighted by atomic mass is 10.0. The van der Waals surface area contributed by atoms with Gasteiger partial charge in [-0.25, -0.2) is 14.4 Å². The van der Waals surface area contributed by atoms with E-state index in [9.17, 15) is 0 Å². The maximum absolute atomic E-state index is 16.0. The number of hydrogen-bond donors (Lipinski definition) is 4. The molecule has 4 aliphatic heterocycles. The van der Waals surface area contributed by atoms with E-state index in [-0.39, 0.29) is 17.9 Å². The number of halogens is 1. The van der Waals surface area contributed by atoms with Crippen LogP contribution in [0.25, 0.3) is 22.1 Å². The van der Waals surface area contributed by atoms with Gasteiger partial charge >= 0.3 is 0 Å². The maximum atomic E-state index is 16.0. The lowest BCUT2D eigenvalue weighted by molar-refractivity contribution is 0.556. The Bertz CT molecular complexity index is 1760. The van der Waals surface area contributed by atoms with Crippen LogP contribution in [0, 0.1) is 5.82 Å². The zero-order chi connectivity index (χ0) is 30.6. The standard InChI is InChI=1S/C37H43FN8/c38-26-22-25(10-13-35(26)45-18-2-1-3-19-45)46-33(23-8-11-27-31(20-23)43-36(41-27)29-6-4-16-39-29)14-15-34(46)24-9-12-28-32(21-24)44-37(42-28)30-7-5-17-40-30/h8-13,20-22,29-30,33-34,39-40H,1-7,14-19H2,(H,41,43)(H,42,44)/t29-,30-,33-,34+/m0/s1.